The molecule has 6 nitrogen and oxygen atoms in total. The predicted molar refractivity (Wildman–Crippen MR) is 58.9 cm³/mol. The van der Waals surface area contributed by atoms with Gasteiger partial charge in [-0.1, -0.05) is 0 Å². The van der Waals surface area contributed by atoms with Gasteiger partial charge in [-0.3, -0.25) is 9.89 Å². The lowest BCUT2D eigenvalue weighted by Gasteiger charge is -2.08. The van der Waals surface area contributed by atoms with E-state index >= 15 is 0 Å². The minimum Gasteiger partial charge on any atom is -0.383 e. The molecule has 1 unspecified atom stereocenters. The standard InChI is InChI=1S/C10H16N4O2/c11-9-8(5-13-14-9)10(15)12-3-1-7-2-4-16-6-7/h5,7H,1-4,6H2,(H,12,15)(H3,11,13,14). The summed E-state index contributed by atoms with van der Waals surface area (Å²) in [6.07, 6.45) is 3.47. The Labute approximate surface area is 93.5 Å². The van der Waals surface area contributed by atoms with E-state index in [1.807, 2.05) is 0 Å². The molecule has 88 valence electrons. The first-order valence-corrected chi connectivity index (χ1v) is 5.42. The lowest BCUT2D eigenvalue weighted by Crippen LogP contribution is -2.26. The Morgan fingerprint density at radius 3 is 3.25 bits per heavy atom. The van der Waals surface area contributed by atoms with Crippen LogP contribution < -0.4 is 11.1 Å². The van der Waals surface area contributed by atoms with Gasteiger partial charge in [0.15, 0.2) is 0 Å². The number of amides is 1. The third-order valence-corrected chi connectivity index (χ3v) is 2.78. The van der Waals surface area contributed by atoms with Gasteiger partial charge >= 0.3 is 0 Å². The zero-order valence-corrected chi connectivity index (χ0v) is 9.03. The number of carbonyl (C=O) groups is 1. The molecule has 2 rings (SSSR count). The number of anilines is 1. The maximum Gasteiger partial charge on any atom is 0.256 e. The number of aromatic amines is 1. The van der Waals surface area contributed by atoms with Crippen LogP contribution in [-0.2, 0) is 4.74 Å². The van der Waals surface area contributed by atoms with Crippen LogP contribution in [0.4, 0.5) is 5.82 Å². The van der Waals surface area contributed by atoms with Crippen molar-refractivity contribution >= 4 is 11.7 Å². The van der Waals surface area contributed by atoms with Crippen molar-refractivity contribution in [2.75, 3.05) is 25.5 Å². The van der Waals surface area contributed by atoms with Crippen LogP contribution in [0.5, 0.6) is 0 Å². The number of carbonyl (C=O) groups excluding carboxylic acids is 1. The zero-order chi connectivity index (χ0) is 11.4. The lowest BCUT2D eigenvalue weighted by atomic mass is 10.1. The monoisotopic (exact) mass is 224 g/mol. The van der Waals surface area contributed by atoms with Gasteiger partial charge in [0, 0.05) is 19.8 Å². The summed E-state index contributed by atoms with van der Waals surface area (Å²) in [5.41, 5.74) is 5.94. The second-order valence-electron chi connectivity index (χ2n) is 3.97. The molecule has 2 heterocycles. The molecule has 0 aliphatic carbocycles. The van der Waals surface area contributed by atoms with Gasteiger partial charge in [0.05, 0.1) is 6.20 Å². The number of hydrogen-bond acceptors (Lipinski definition) is 4. The Morgan fingerprint density at radius 2 is 2.62 bits per heavy atom. The molecule has 0 bridgehead atoms. The van der Waals surface area contributed by atoms with Crippen molar-refractivity contribution in [1.29, 1.82) is 0 Å². The summed E-state index contributed by atoms with van der Waals surface area (Å²) < 4.78 is 5.26. The first kappa shape index (κ1) is 10.9. The van der Waals surface area contributed by atoms with Crippen molar-refractivity contribution in [3.8, 4) is 0 Å². The molecule has 1 atom stereocenters. The SMILES string of the molecule is Nc1[nH]ncc1C(=O)NCCC1CCOC1. The quantitative estimate of drug-likeness (QED) is 0.678. The maximum atomic E-state index is 11.6. The Bertz CT molecular complexity index is 357. The van der Waals surface area contributed by atoms with Gasteiger partial charge in [-0.05, 0) is 18.8 Å². The Morgan fingerprint density at radius 1 is 1.75 bits per heavy atom. The smallest absolute Gasteiger partial charge is 0.256 e. The van der Waals surface area contributed by atoms with Gasteiger partial charge in [-0.15, -0.1) is 0 Å². The van der Waals surface area contributed by atoms with Crippen LogP contribution in [0.2, 0.25) is 0 Å². The van der Waals surface area contributed by atoms with Gasteiger partial charge in [0.2, 0.25) is 0 Å². The van der Waals surface area contributed by atoms with Crippen LogP contribution in [0.1, 0.15) is 23.2 Å². The molecule has 1 aromatic rings. The minimum atomic E-state index is -0.176. The number of hydrogen-bond donors (Lipinski definition) is 3. The largest absolute Gasteiger partial charge is 0.383 e. The molecule has 1 saturated heterocycles. The molecule has 1 aromatic heterocycles. The number of nitrogen functional groups attached to an aromatic ring is 1. The van der Waals surface area contributed by atoms with Crippen LogP contribution >= 0.6 is 0 Å². The first-order valence-electron chi connectivity index (χ1n) is 5.42. The number of nitrogens with two attached hydrogens (primary N) is 1. The van der Waals surface area contributed by atoms with E-state index in [9.17, 15) is 4.79 Å². The average Bonchev–Trinajstić information content (AvgIpc) is 2.88. The van der Waals surface area contributed by atoms with E-state index in [0.717, 1.165) is 26.1 Å². The maximum absolute atomic E-state index is 11.6. The molecule has 0 aromatic carbocycles. The highest BCUT2D eigenvalue weighted by molar-refractivity contribution is 5.97. The highest BCUT2D eigenvalue weighted by Crippen LogP contribution is 2.15. The van der Waals surface area contributed by atoms with Crippen LogP contribution in [0, 0.1) is 5.92 Å². The summed E-state index contributed by atoms with van der Waals surface area (Å²) in [6.45, 7) is 2.30. The fraction of sp³-hybridized carbons (Fsp3) is 0.600. The van der Waals surface area contributed by atoms with Crippen molar-refractivity contribution in [2.24, 2.45) is 5.92 Å². The van der Waals surface area contributed by atoms with Crippen molar-refractivity contribution in [3.63, 3.8) is 0 Å². The van der Waals surface area contributed by atoms with Crippen molar-refractivity contribution < 1.29 is 9.53 Å². The van der Waals surface area contributed by atoms with Crippen LogP contribution in [0.3, 0.4) is 0 Å². The van der Waals surface area contributed by atoms with E-state index in [2.05, 4.69) is 15.5 Å². The van der Waals surface area contributed by atoms with Gasteiger partial charge in [0.1, 0.15) is 11.4 Å². The van der Waals surface area contributed by atoms with Gasteiger partial charge in [0.25, 0.3) is 5.91 Å². The highest BCUT2D eigenvalue weighted by Gasteiger charge is 2.16. The third-order valence-electron chi connectivity index (χ3n) is 2.78. The summed E-state index contributed by atoms with van der Waals surface area (Å²) in [5.74, 6) is 0.703. The molecule has 1 aliphatic heterocycles. The Hall–Kier alpha value is -1.56. The predicted octanol–water partition coefficient (Wildman–Crippen LogP) is 0.148. The van der Waals surface area contributed by atoms with Crippen molar-refractivity contribution in [2.45, 2.75) is 12.8 Å². The molecular formula is C10H16N4O2. The van der Waals surface area contributed by atoms with Crippen LogP contribution in [-0.4, -0.2) is 35.9 Å². The van der Waals surface area contributed by atoms with Crippen LogP contribution in [0.25, 0.3) is 0 Å². The van der Waals surface area contributed by atoms with Crippen LogP contribution in [0.15, 0.2) is 6.20 Å². The van der Waals surface area contributed by atoms with E-state index in [-0.39, 0.29) is 5.91 Å². The number of aromatic nitrogens is 2. The second kappa shape index (κ2) is 4.98. The second-order valence-corrected chi connectivity index (χ2v) is 3.97. The molecule has 1 amide bonds. The Balaban J connectivity index is 1.73. The molecule has 6 heteroatoms. The molecular weight excluding hydrogens is 208 g/mol. The summed E-state index contributed by atoms with van der Waals surface area (Å²) in [6, 6.07) is 0. The summed E-state index contributed by atoms with van der Waals surface area (Å²) in [7, 11) is 0. The number of rotatable bonds is 4. The van der Waals surface area contributed by atoms with E-state index in [4.69, 9.17) is 10.5 Å². The molecule has 4 N–H and O–H groups in total. The molecule has 0 radical (unpaired) electrons. The minimum absolute atomic E-state index is 0.176. The summed E-state index contributed by atoms with van der Waals surface area (Å²) in [5, 5.41) is 9.04. The molecule has 0 spiro atoms. The third kappa shape index (κ3) is 2.52. The molecule has 1 fully saturated rings. The Kier molecular flexibility index (Phi) is 3.40. The summed E-state index contributed by atoms with van der Waals surface area (Å²) >= 11 is 0. The summed E-state index contributed by atoms with van der Waals surface area (Å²) in [4.78, 5) is 11.6. The topological polar surface area (TPSA) is 93.0 Å². The van der Waals surface area contributed by atoms with E-state index < -0.39 is 0 Å². The number of nitrogens with zero attached hydrogens (tertiary/aromatic N) is 1. The van der Waals surface area contributed by atoms with Crippen molar-refractivity contribution in [1.82, 2.24) is 15.5 Å². The number of nitrogens with one attached hydrogen (secondary N) is 2. The average molecular weight is 224 g/mol. The zero-order valence-electron chi connectivity index (χ0n) is 9.03. The number of H-pyrrole nitrogens is 1. The fourth-order valence-electron chi connectivity index (χ4n) is 1.77. The molecule has 0 saturated carbocycles. The van der Waals surface area contributed by atoms with Gasteiger partial charge in [-0.2, -0.15) is 5.10 Å². The molecule has 1 aliphatic rings. The fourth-order valence-corrected chi connectivity index (χ4v) is 1.77. The van der Waals surface area contributed by atoms with E-state index in [1.54, 1.807) is 0 Å². The molecule has 16 heavy (non-hydrogen) atoms. The normalized spacial score (nSPS) is 19.9. The van der Waals surface area contributed by atoms with Gasteiger partial charge < -0.3 is 15.8 Å². The van der Waals surface area contributed by atoms with E-state index in [0.29, 0.717) is 23.8 Å². The lowest BCUT2D eigenvalue weighted by molar-refractivity contribution is 0.0951. The van der Waals surface area contributed by atoms with Crippen molar-refractivity contribution in [3.05, 3.63) is 11.8 Å². The highest BCUT2D eigenvalue weighted by atomic mass is 16.5. The van der Waals surface area contributed by atoms with E-state index in [1.165, 1.54) is 6.20 Å². The number of ether oxygens (including phenoxy) is 1. The van der Waals surface area contributed by atoms with Gasteiger partial charge in [-0.25, -0.2) is 0 Å². The first-order chi connectivity index (χ1) is 7.77.